The van der Waals surface area contributed by atoms with Gasteiger partial charge in [-0.05, 0) is 38.9 Å². The number of hydrogen-bond acceptors (Lipinski definition) is 1. The fraction of sp³-hybridized carbons (Fsp3) is 0.875. The van der Waals surface area contributed by atoms with Crippen LogP contribution in [0, 0.1) is 0 Å². The molecule has 0 fully saturated rings. The van der Waals surface area contributed by atoms with E-state index in [1.807, 2.05) is 6.08 Å². The lowest BCUT2D eigenvalue weighted by Gasteiger charge is -2.16. The molecule has 2 heteroatoms. The van der Waals surface area contributed by atoms with Crippen LogP contribution < -0.4 is 0 Å². The standard InChI is InChI=1S/C16H34OSi/c1-5-6-7-8-9-10-11-12-13-14-15-16-17-18(2,3)4/h5H,1,6-16H2,2-4H3. The summed E-state index contributed by atoms with van der Waals surface area (Å²) in [6, 6.07) is 0. The number of unbranched alkanes of at least 4 members (excludes halogenated alkanes) is 9. The Labute approximate surface area is 116 Å². The third-order valence-electron chi connectivity index (χ3n) is 3.09. The van der Waals surface area contributed by atoms with Gasteiger partial charge < -0.3 is 4.43 Å². The smallest absolute Gasteiger partial charge is 0.183 e. The molecule has 108 valence electrons. The minimum atomic E-state index is -1.26. The number of allylic oxidation sites excluding steroid dienone is 1. The summed E-state index contributed by atoms with van der Waals surface area (Å²) < 4.78 is 5.84. The van der Waals surface area contributed by atoms with E-state index in [4.69, 9.17) is 4.43 Å². The van der Waals surface area contributed by atoms with Gasteiger partial charge in [0.25, 0.3) is 0 Å². The van der Waals surface area contributed by atoms with Crippen LogP contribution in [0.25, 0.3) is 0 Å². The van der Waals surface area contributed by atoms with Crippen LogP contribution in [0.2, 0.25) is 19.6 Å². The minimum absolute atomic E-state index is 0.983. The van der Waals surface area contributed by atoms with Crippen LogP contribution in [0.5, 0.6) is 0 Å². The van der Waals surface area contributed by atoms with Crippen LogP contribution >= 0.6 is 0 Å². The molecule has 0 atom stereocenters. The normalized spacial score (nSPS) is 11.7. The summed E-state index contributed by atoms with van der Waals surface area (Å²) in [4.78, 5) is 0. The van der Waals surface area contributed by atoms with E-state index in [2.05, 4.69) is 26.2 Å². The highest BCUT2D eigenvalue weighted by atomic mass is 28.4. The van der Waals surface area contributed by atoms with Crippen LogP contribution in [0.3, 0.4) is 0 Å². The highest BCUT2D eigenvalue weighted by molar-refractivity contribution is 6.69. The Morgan fingerprint density at radius 1 is 0.778 bits per heavy atom. The second-order valence-electron chi connectivity index (χ2n) is 6.22. The van der Waals surface area contributed by atoms with Crippen molar-refractivity contribution in [3.05, 3.63) is 12.7 Å². The third-order valence-corrected chi connectivity index (χ3v) is 4.16. The Bertz CT molecular complexity index is 184. The fourth-order valence-corrected chi connectivity index (χ4v) is 2.76. The molecule has 0 N–H and O–H groups in total. The first-order valence-electron chi connectivity index (χ1n) is 7.81. The summed E-state index contributed by atoms with van der Waals surface area (Å²) in [7, 11) is -1.26. The lowest BCUT2D eigenvalue weighted by molar-refractivity contribution is 0.298. The van der Waals surface area contributed by atoms with Crippen molar-refractivity contribution in [3.63, 3.8) is 0 Å². The van der Waals surface area contributed by atoms with E-state index < -0.39 is 8.32 Å². The first kappa shape index (κ1) is 17.9. The Morgan fingerprint density at radius 3 is 1.67 bits per heavy atom. The molecule has 0 saturated carbocycles. The quantitative estimate of drug-likeness (QED) is 0.229. The molecule has 0 radical (unpaired) electrons. The number of hydrogen-bond donors (Lipinski definition) is 0. The molecule has 0 spiro atoms. The van der Waals surface area contributed by atoms with Gasteiger partial charge in [-0.2, -0.15) is 0 Å². The first-order valence-corrected chi connectivity index (χ1v) is 11.2. The molecule has 0 aromatic heterocycles. The monoisotopic (exact) mass is 270 g/mol. The molecule has 0 heterocycles. The molecular formula is C16H34OSi. The SMILES string of the molecule is C=CCCCCCCCCCCCO[Si](C)(C)C. The predicted molar refractivity (Wildman–Crippen MR) is 85.7 cm³/mol. The van der Waals surface area contributed by atoms with Gasteiger partial charge in [-0.15, -0.1) is 6.58 Å². The van der Waals surface area contributed by atoms with Gasteiger partial charge in [-0.1, -0.05) is 51.0 Å². The lowest BCUT2D eigenvalue weighted by Crippen LogP contribution is -2.25. The molecule has 0 aliphatic carbocycles. The maximum Gasteiger partial charge on any atom is 0.183 e. The molecule has 0 saturated heterocycles. The van der Waals surface area contributed by atoms with Gasteiger partial charge in [0.05, 0.1) is 0 Å². The van der Waals surface area contributed by atoms with Gasteiger partial charge in [0.2, 0.25) is 0 Å². The van der Waals surface area contributed by atoms with Crippen molar-refractivity contribution >= 4 is 8.32 Å². The second-order valence-corrected chi connectivity index (χ2v) is 10.7. The lowest BCUT2D eigenvalue weighted by atomic mass is 10.1. The van der Waals surface area contributed by atoms with E-state index in [-0.39, 0.29) is 0 Å². The molecule has 18 heavy (non-hydrogen) atoms. The molecule has 0 aliphatic heterocycles. The van der Waals surface area contributed by atoms with Crippen molar-refractivity contribution in [2.24, 2.45) is 0 Å². The van der Waals surface area contributed by atoms with E-state index in [0.29, 0.717) is 0 Å². The van der Waals surface area contributed by atoms with Gasteiger partial charge in [0.1, 0.15) is 0 Å². The van der Waals surface area contributed by atoms with E-state index >= 15 is 0 Å². The average molecular weight is 271 g/mol. The van der Waals surface area contributed by atoms with Crippen LogP contribution in [0.15, 0.2) is 12.7 Å². The molecule has 0 unspecified atom stereocenters. The van der Waals surface area contributed by atoms with Crippen molar-refractivity contribution in [1.29, 1.82) is 0 Å². The number of rotatable bonds is 13. The Balaban J connectivity index is 3.01. The summed E-state index contributed by atoms with van der Waals surface area (Å²) in [6.45, 7) is 11.5. The zero-order valence-electron chi connectivity index (χ0n) is 13.0. The zero-order chi connectivity index (χ0) is 13.7. The van der Waals surface area contributed by atoms with Crippen LogP contribution in [-0.2, 0) is 4.43 Å². The molecule has 0 aromatic rings. The summed E-state index contributed by atoms with van der Waals surface area (Å²) in [5, 5.41) is 0. The maximum atomic E-state index is 5.84. The highest BCUT2D eigenvalue weighted by Gasteiger charge is 2.12. The van der Waals surface area contributed by atoms with Crippen molar-refractivity contribution in [3.8, 4) is 0 Å². The molecule has 0 bridgehead atoms. The topological polar surface area (TPSA) is 9.23 Å². The zero-order valence-corrected chi connectivity index (χ0v) is 14.0. The van der Waals surface area contributed by atoms with Gasteiger partial charge >= 0.3 is 0 Å². The first-order chi connectivity index (χ1) is 8.56. The summed E-state index contributed by atoms with van der Waals surface area (Å²) in [5.74, 6) is 0. The average Bonchev–Trinajstić information content (AvgIpc) is 2.29. The van der Waals surface area contributed by atoms with Crippen molar-refractivity contribution in [1.82, 2.24) is 0 Å². The summed E-state index contributed by atoms with van der Waals surface area (Å²) in [6.07, 6.45) is 15.6. The molecule has 0 aromatic carbocycles. The molecule has 0 aliphatic rings. The fourth-order valence-electron chi connectivity index (χ4n) is 2.01. The van der Waals surface area contributed by atoms with Crippen molar-refractivity contribution in [2.75, 3.05) is 6.61 Å². The summed E-state index contributed by atoms with van der Waals surface area (Å²) in [5.41, 5.74) is 0. The van der Waals surface area contributed by atoms with Gasteiger partial charge in [-0.3, -0.25) is 0 Å². The third kappa shape index (κ3) is 15.9. The van der Waals surface area contributed by atoms with Gasteiger partial charge in [0, 0.05) is 6.61 Å². The maximum absolute atomic E-state index is 5.84. The summed E-state index contributed by atoms with van der Waals surface area (Å²) >= 11 is 0. The van der Waals surface area contributed by atoms with E-state index in [9.17, 15) is 0 Å². The molecular weight excluding hydrogens is 236 g/mol. The minimum Gasteiger partial charge on any atom is -0.418 e. The largest absolute Gasteiger partial charge is 0.418 e. The Hall–Kier alpha value is -0.0831. The predicted octanol–water partition coefficient (Wildman–Crippen LogP) is 5.92. The molecule has 1 nitrogen and oxygen atoms in total. The van der Waals surface area contributed by atoms with Crippen LogP contribution in [-0.4, -0.2) is 14.9 Å². The van der Waals surface area contributed by atoms with Crippen LogP contribution in [0.1, 0.15) is 64.2 Å². The van der Waals surface area contributed by atoms with E-state index in [0.717, 1.165) is 6.61 Å². The highest BCUT2D eigenvalue weighted by Crippen LogP contribution is 2.11. The second kappa shape index (κ2) is 12.0. The van der Waals surface area contributed by atoms with Gasteiger partial charge in [-0.25, -0.2) is 0 Å². The van der Waals surface area contributed by atoms with Crippen LogP contribution in [0.4, 0.5) is 0 Å². The Morgan fingerprint density at radius 2 is 1.22 bits per heavy atom. The van der Waals surface area contributed by atoms with Gasteiger partial charge in [0.15, 0.2) is 8.32 Å². The van der Waals surface area contributed by atoms with Crippen molar-refractivity contribution in [2.45, 2.75) is 83.8 Å². The van der Waals surface area contributed by atoms with Crippen molar-refractivity contribution < 1.29 is 4.43 Å². The molecule has 0 amide bonds. The Kier molecular flexibility index (Phi) is 11.9. The molecule has 0 rings (SSSR count). The van der Waals surface area contributed by atoms with E-state index in [1.54, 1.807) is 0 Å². The van der Waals surface area contributed by atoms with E-state index in [1.165, 1.54) is 64.2 Å².